The minimum Gasteiger partial charge on any atom is -0.370 e. The van der Waals surface area contributed by atoms with Crippen molar-refractivity contribution in [1.82, 2.24) is 23.9 Å². The zero-order chi connectivity index (χ0) is 23.5. The van der Waals surface area contributed by atoms with Crippen molar-refractivity contribution in [3.05, 3.63) is 91.0 Å². The van der Waals surface area contributed by atoms with E-state index in [1.54, 1.807) is 24.8 Å². The molecule has 8 nitrogen and oxygen atoms in total. The highest BCUT2D eigenvalue weighted by atomic mass is 32.2. The van der Waals surface area contributed by atoms with Crippen molar-refractivity contribution in [3.8, 4) is 22.8 Å². The summed E-state index contributed by atoms with van der Waals surface area (Å²) in [5.41, 5.74) is 3.91. The second-order valence-corrected chi connectivity index (χ2v) is 9.69. The largest absolute Gasteiger partial charge is 0.370 e. The summed E-state index contributed by atoms with van der Waals surface area (Å²) in [6, 6.07) is 18.8. The number of nitrogens with one attached hydrogen (secondary N) is 1. The molecule has 0 fully saturated rings. The molecule has 0 saturated carbocycles. The van der Waals surface area contributed by atoms with Crippen LogP contribution in [0.15, 0.2) is 85.5 Å². The van der Waals surface area contributed by atoms with E-state index in [1.807, 2.05) is 60.7 Å². The Hall–Kier alpha value is -4.11. The van der Waals surface area contributed by atoms with Crippen LogP contribution in [0.3, 0.4) is 0 Å². The maximum atomic E-state index is 12.2. The molecule has 0 aliphatic heterocycles. The third kappa shape index (κ3) is 4.51. The zero-order valence-electron chi connectivity index (χ0n) is 18.5. The van der Waals surface area contributed by atoms with Crippen molar-refractivity contribution in [2.24, 2.45) is 0 Å². The fourth-order valence-electron chi connectivity index (χ4n) is 3.83. The first-order valence-corrected chi connectivity index (χ1v) is 12.6. The SMILES string of the molecule is CS(=O)(=O)n1cc(CCNc2cc(-c3cccnc3)nc(-c3ccccn3)n2)c2ccccc21. The van der Waals surface area contributed by atoms with E-state index in [0.717, 1.165) is 22.2 Å². The van der Waals surface area contributed by atoms with E-state index in [-0.39, 0.29) is 0 Å². The predicted octanol–water partition coefficient (Wildman–Crippen LogP) is 4.02. The molecule has 0 amide bonds. The lowest BCUT2D eigenvalue weighted by atomic mass is 10.1. The molecule has 1 N–H and O–H groups in total. The molecule has 9 heteroatoms. The van der Waals surface area contributed by atoms with Crippen LogP contribution in [0, 0.1) is 0 Å². The van der Waals surface area contributed by atoms with Crippen LogP contribution in [0.2, 0.25) is 0 Å². The summed E-state index contributed by atoms with van der Waals surface area (Å²) in [7, 11) is -3.40. The van der Waals surface area contributed by atoms with Gasteiger partial charge in [-0.2, -0.15) is 0 Å². The second kappa shape index (κ2) is 9.03. The molecular formula is C25H22N6O2S. The van der Waals surface area contributed by atoms with Gasteiger partial charge in [0.25, 0.3) is 0 Å². The van der Waals surface area contributed by atoms with Crippen LogP contribution in [0.1, 0.15) is 5.56 Å². The normalized spacial score (nSPS) is 11.6. The summed E-state index contributed by atoms with van der Waals surface area (Å²) < 4.78 is 25.8. The molecule has 5 rings (SSSR count). The van der Waals surface area contributed by atoms with Gasteiger partial charge >= 0.3 is 0 Å². The quantitative estimate of drug-likeness (QED) is 0.383. The van der Waals surface area contributed by atoms with Gasteiger partial charge < -0.3 is 5.32 Å². The molecule has 4 aromatic heterocycles. The summed E-state index contributed by atoms with van der Waals surface area (Å²) >= 11 is 0. The van der Waals surface area contributed by atoms with E-state index in [4.69, 9.17) is 0 Å². The number of anilines is 1. The Morgan fingerprint density at radius 3 is 2.56 bits per heavy atom. The first-order valence-electron chi connectivity index (χ1n) is 10.7. The van der Waals surface area contributed by atoms with Crippen molar-refractivity contribution >= 4 is 26.7 Å². The fourth-order valence-corrected chi connectivity index (χ4v) is 4.66. The molecule has 0 atom stereocenters. The van der Waals surface area contributed by atoms with Crippen LogP contribution in [-0.4, -0.2) is 45.1 Å². The van der Waals surface area contributed by atoms with E-state index in [9.17, 15) is 8.42 Å². The summed E-state index contributed by atoms with van der Waals surface area (Å²) in [6.45, 7) is 0.558. The molecule has 0 saturated heterocycles. The summed E-state index contributed by atoms with van der Waals surface area (Å²) in [6.07, 6.45) is 8.71. The molecule has 34 heavy (non-hydrogen) atoms. The minimum absolute atomic E-state index is 0.512. The highest BCUT2D eigenvalue weighted by Crippen LogP contribution is 2.25. The van der Waals surface area contributed by atoms with E-state index in [0.29, 0.717) is 35.8 Å². The number of nitrogens with zero attached hydrogens (tertiary/aromatic N) is 5. The Kier molecular flexibility index (Phi) is 5.77. The maximum Gasteiger partial charge on any atom is 0.236 e. The Bertz CT molecular complexity index is 1490. The second-order valence-electron chi connectivity index (χ2n) is 7.83. The van der Waals surface area contributed by atoms with E-state index in [1.165, 1.54) is 10.2 Å². The van der Waals surface area contributed by atoms with Gasteiger partial charge in [0.15, 0.2) is 5.82 Å². The third-order valence-electron chi connectivity index (χ3n) is 5.40. The molecule has 0 aliphatic carbocycles. The predicted molar refractivity (Wildman–Crippen MR) is 133 cm³/mol. The Morgan fingerprint density at radius 1 is 0.941 bits per heavy atom. The molecule has 0 bridgehead atoms. The number of fused-ring (bicyclic) bond motifs is 1. The number of pyridine rings is 2. The highest BCUT2D eigenvalue weighted by molar-refractivity contribution is 7.89. The number of hydrogen-bond donors (Lipinski definition) is 1. The number of para-hydroxylation sites is 1. The number of rotatable bonds is 7. The minimum atomic E-state index is -3.40. The monoisotopic (exact) mass is 470 g/mol. The van der Waals surface area contributed by atoms with Crippen molar-refractivity contribution < 1.29 is 8.42 Å². The lowest BCUT2D eigenvalue weighted by Crippen LogP contribution is -2.09. The number of aromatic nitrogens is 5. The smallest absolute Gasteiger partial charge is 0.236 e. The van der Waals surface area contributed by atoms with E-state index >= 15 is 0 Å². The summed E-state index contributed by atoms with van der Waals surface area (Å²) in [5.74, 6) is 1.17. The van der Waals surface area contributed by atoms with Crippen LogP contribution < -0.4 is 5.32 Å². The topological polar surface area (TPSA) is 103 Å². The van der Waals surface area contributed by atoms with Gasteiger partial charge in [-0.25, -0.2) is 22.4 Å². The standard InChI is InChI=1S/C25H22N6O2S/c1-34(32,33)31-17-19(20-8-2-3-10-23(20)31)11-14-28-24-15-22(18-7-6-12-26-16-18)29-25(30-24)21-9-4-5-13-27-21/h2-10,12-13,15-17H,11,14H2,1H3,(H,28,29,30). The van der Waals surface area contributed by atoms with Crippen molar-refractivity contribution in [2.45, 2.75) is 6.42 Å². The van der Waals surface area contributed by atoms with Crippen LogP contribution >= 0.6 is 0 Å². The lowest BCUT2D eigenvalue weighted by molar-refractivity contribution is 0.595. The Labute approximate surface area is 197 Å². The van der Waals surface area contributed by atoms with Gasteiger partial charge in [-0.15, -0.1) is 0 Å². The highest BCUT2D eigenvalue weighted by Gasteiger charge is 2.15. The molecule has 0 radical (unpaired) electrons. The molecule has 0 spiro atoms. The van der Waals surface area contributed by atoms with Gasteiger partial charge in [0.05, 0.1) is 17.5 Å². The zero-order valence-corrected chi connectivity index (χ0v) is 19.3. The average molecular weight is 471 g/mol. The summed E-state index contributed by atoms with van der Waals surface area (Å²) in [4.78, 5) is 17.9. The van der Waals surface area contributed by atoms with Gasteiger partial charge in [0.2, 0.25) is 10.0 Å². The van der Waals surface area contributed by atoms with Crippen LogP contribution in [0.5, 0.6) is 0 Å². The molecule has 0 aliphatic rings. The van der Waals surface area contributed by atoms with Crippen molar-refractivity contribution in [2.75, 3.05) is 18.1 Å². The van der Waals surface area contributed by atoms with Gasteiger partial charge in [-0.05, 0) is 42.3 Å². The molecule has 4 heterocycles. The van der Waals surface area contributed by atoms with Crippen LogP contribution in [0.4, 0.5) is 5.82 Å². The lowest BCUT2D eigenvalue weighted by Gasteiger charge is -2.10. The van der Waals surface area contributed by atoms with Gasteiger partial charge in [-0.1, -0.05) is 24.3 Å². The van der Waals surface area contributed by atoms with Gasteiger partial charge in [0, 0.05) is 48.3 Å². The Morgan fingerprint density at radius 2 is 1.79 bits per heavy atom. The molecule has 170 valence electrons. The number of benzene rings is 1. The van der Waals surface area contributed by atoms with Crippen molar-refractivity contribution in [1.29, 1.82) is 0 Å². The van der Waals surface area contributed by atoms with E-state index in [2.05, 4.69) is 25.3 Å². The maximum absolute atomic E-state index is 12.2. The number of hydrogen-bond acceptors (Lipinski definition) is 7. The van der Waals surface area contributed by atoms with Crippen molar-refractivity contribution in [3.63, 3.8) is 0 Å². The van der Waals surface area contributed by atoms with E-state index < -0.39 is 10.0 Å². The fraction of sp³-hybridized carbons (Fsp3) is 0.120. The average Bonchev–Trinajstić information content (AvgIpc) is 3.24. The molecular weight excluding hydrogens is 448 g/mol. The summed E-state index contributed by atoms with van der Waals surface area (Å²) in [5, 5.41) is 4.29. The first-order chi connectivity index (χ1) is 16.5. The van der Waals surface area contributed by atoms with Crippen LogP contribution in [0.25, 0.3) is 33.7 Å². The molecule has 5 aromatic rings. The molecule has 0 unspecified atom stereocenters. The molecule has 1 aromatic carbocycles. The van der Waals surface area contributed by atoms with Crippen LogP contribution in [-0.2, 0) is 16.4 Å². The van der Waals surface area contributed by atoms with Gasteiger partial charge in [-0.3, -0.25) is 9.97 Å². The van der Waals surface area contributed by atoms with Gasteiger partial charge in [0.1, 0.15) is 11.5 Å². The Balaban J connectivity index is 1.44. The third-order valence-corrected chi connectivity index (χ3v) is 6.41. The first kappa shape index (κ1) is 21.7.